The number of amides is 1. The number of sulfonamides is 1. The highest BCUT2D eigenvalue weighted by molar-refractivity contribution is 7.89. The lowest BCUT2D eigenvalue weighted by molar-refractivity contribution is -0.118. The molecule has 0 unspecified atom stereocenters. The predicted octanol–water partition coefficient (Wildman–Crippen LogP) is 2.72. The number of hydrogen-bond acceptors (Lipinski definition) is 8. The molecule has 1 aliphatic heterocycles. The van der Waals surface area contributed by atoms with Crippen LogP contribution in [0.5, 0.6) is 5.75 Å². The summed E-state index contributed by atoms with van der Waals surface area (Å²) in [6.45, 7) is 0.467. The number of hydrogen-bond donors (Lipinski definition) is 1. The molecule has 182 valence electrons. The van der Waals surface area contributed by atoms with Gasteiger partial charge in [-0.3, -0.25) is 4.79 Å². The van der Waals surface area contributed by atoms with Crippen molar-refractivity contribution in [3.63, 3.8) is 0 Å². The fourth-order valence-corrected chi connectivity index (χ4v) is 5.19. The Morgan fingerprint density at radius 2 is 1.56 bits per heavy atom. The summed E-state index contributed by atoms with van der Waals surface area (Å²) in [6.07, 6.45) is 1.62. The molecule has 1 fully saturated rings. The highest BCUT2D eigenvalue weighted by Gasteiger charge is 2.27. The third-order valence-corrected chi connectivity index (χ3v) is 7.21. The maximum atomic E-state index is 12.7. The van der Waals surface area contributed by atoms with Crippen molar-refractivity contribution in [1.29, 1.82) is 0 Å². The van der Waals surface area contributed by atoms with Crippen molar-refractivity contribution in [2.24, 2.45) is 0 Å². The molecule has 0 aromatic heterocycles. The molecule has 0 bridgehead atoms. The van der Waals surface area contributed by atoms with E-state index in [1.807, 2.05) is 0 Å². The second kappa shape index (κ2) is 10.9. The van der Waals surface area contributed by atoms with E-state index in [0.717, 1.165) is 12.8 Å². The minimum atomic E-state index is -3.64. The van der Waals surface area contributed by atoms with Gasteiger partial charge in [-0.2, -0.15) is 4.31 Å². The number of anilines is 1. The molecule has 0 aliphatic carbocycles. The number of halogens is 1. The number of rotatable bonds is 8. The van der Waals surface area contributed by atoms with Crippen molar-refractivity contribution in [2.45, 2.75) is 17.7 Å². The fourth-order valence-electron chi connectivity index (χ4n) is 3.35. The summed E-state index contributed by atoms with van der Waals surface area (Å²) < 4.78 is 41.5. The molecule has 1 amide bonds. The van der Waals surface area contributed by atoms with Crippen molar-refractivity contribution in [1.82, 2.24) is 4.31 Å². The standard InChI is InChI=1S/C22H23ClN2O8S/c1-31-21(27)14-9-15(22(28)32-2)11-16(10-14)24-20(26)13-33-19-6-5-17(12-18(19)23)34(29,30)25-7-3-4-8-25/h5-6,9-12H,3-4,7-8,13H2,1-2H3,(H,24,26). The molecule has 10 nitrogen and oxygen atoms in total. The lowest BCUT2D eigenvalue weighted by Crippen LogP contribution is -2.27. The van der Waals surface area contributed by atoms with Gasteiger partial charge >= 0.3 is 11.9 Å². The smallest absolute Gasteiger partial charge is 0.337 e. The van der Waals surface area contributed by atoms with Crippen LogP contribution in [0.1, 0.15) is 33.6 Å². The van der Waals surface area contributed by atoms with Gasteiger partial charge in [0.2, 0.25) is 10.0 Å². The minimum absolute atomic E-state index is 0.0359. The quantitative estimate of drug-likeness (QED) is 0.537. The Labute approximate surface area is 201 Å². The summed E-state index contributed by atoms with van der Waals surface area (Å²) in [7, 11) is -1.27. The first-order valence-electron chi connectivity index (χ1n) is 10.2. The molecule has 1 saturated heterocycles. The molecule has 0 radical (unpaired) electrons. The number of benzene rings is 2. The van der Waals surface area contributed by atoms with Crippen molar-refractivity contribution >= 4 is 45.2 Å². The van der Waals surface area contributed by atoms with Gasteiger partial charge in [-0.25, -0.2) is 18.0 Å². The zero-order chi connectivity index (χ0) is 24.9. The SMILES string of the molecule is COC(=O)c1cc(NC(=O)COc2ccc(S(=O)(=O)N3CCCC3)cc2Cl)cc(C(=O)OC)c1. The normalized spacial score (nSPS) is 13.9. The number of nitrogens with one attached hydrogen (secondary N) is 1. The average Bonchev–Trinajstić information content (AvgIpc) is 3.38. The van der Waals surface area contributed by atoms with Crippen LogP contribution in [-0.4, -0.2) is 64.5 Å². The van der Waals surface area contributed by atoms with E-state index < -0.39 is 34.5 Å². The number of carbonyl (C=O) groups excluding carboxylic acids is 3. The van der Waals surface area contributed by atoms with E-state index in [-0.39, 0.29) is 32.5 Å². The van der Waals surface area contributed by atoms with Gasteiger partial charge in [0.15, 0.2) is 6.61 Å². The van der Waals surface area contributed by atoms with E-state index in [1.165, 1.54) is 54.9 Å². The van der Waals surface area contributed by atoms with Crippen molar-refractivity contribution in [3.8, 4) is 5.75 Å². The molecule has 1 aliphatic rings. The number of carbonyl (C=O) groups is 3. The fraction of sp³-hybridized carbons (Fsp3) is 0.318. The van der Waals surface area contributed by atoms with Crippen molar-refractivity contribution in [3.05, 3.63) is 52.5 Å². The lowest BCUT2D eigenvalue weighted by atomic mass is 10.1. The van der Waals surface area contributed by atoms with Crippen LogP contribution in [0.3, 0.4) is 0 Å². The highest BCUT2D eigenvalue weighted by Crippen LogP contribution is 2.30. The molecular formula is C22H23ClN2O8S. The predicted molar refractivity (Wildman–Crippen MR) is 123 cm³/mol. The van der Waals surface area contributed by atoms with Crippen LogP contribution in [0.15, 0.2) is 41.3 Å². The van der Waals surface area contributed by atoms with Crippen LogP contribution in [0.4, 0.5) is 5.69 Å². The maximum absolute atomic E-state index is 12.7. The van der Waals surface area contributed by atoms with Gasteiger partial charge in [-0.05, 0) is 49.2 Å². The van der Waals surface area contributed by atoms with E-state index >= 15 is 0 Å². The lowest BCUT2D eigenvalue weighted by Gasteiger charge is -2.16. The van der Waals surface area contributed by atoms with Crippen LogP contribution in [0.2, 0.25) is 5.02 Å². The Hall–Kier alpha value is -3.15. The monoisotopic (exact) mass is 510 g/mol. The summed E-state index contributed by atoms with van der Waals surface area (Å²) in [5.74, 6) is -1.89. The van der Waals surface area contributed by atoms with Crippen LogP contribution >= 0.6 is 11.6 Å². The van der Waals surface area contributed by atoms with Crippen LogP contribution in [0.25, 0.3) is 0 Å². The number of ether oxygens (including phenoxy) is 3. The molecular weight excluding hydrogens is 488 g/mol. The molecule has 34 heavy (non-hydrogen) atoms. The van der Waals surface area contributed by atoms with Gasteiger partial charge in [0.1, 0.15) is 5.75 Å². The van der Waals surface area contributed by atoms with Gasteiger partial charge in [-0.1, -0.05) is 11.6 Å². The topological polar surface area (TPSA) is 128 Å². The molecule has 0 saturated carbocycles. The largest absolute Gasteiger partial charge is 0.482 e. The number of nitrogens with zero attached hydrogens (tertiary/aromatic N) is 1. The maximum Gasteiger partial charge on any atom is 0.337 e. The Bertz CT molecular complexity index is 1180. The Morgan fingerprint density at radius 1 is 0.971 bits per heavy atom. The minimum Gasteiger partial charge on any atom is -0.482 e. The second-order valence-corrected chi connectivity index (χ2v) is 9.67. The molecule has 1 N–H and O–H groups in total. The summed E-state index contributed by atoms with van der Waals surface area (Å²) in [5.41, 5.74) is 0.231. The van der Waals surface area contributed by atoms with E-state index in [1.54, 1.807) is 0 Å². The third-order valence-electron chi connectivity index (χ3n) is 5.02. The first-order valence-corrected chi connectivity index (χ1v) is 12.0. The van der Waals surface area contributed by atoms with Crippen LogP contribution < -0.4 is 10.1 Å². The zero-order valence-corrected chi connectivity index (χ0v) is 20.1. The first kappa shape index (κ1) is 25.5. The van der Waals surface area contributed by atoms with Crippen molar-refractivity contribution in [2.75, 3.05) is 39.2 Å². The zero-order valence-electron chi connectivity index (χ0n) is 18.5. The van der Waals surface area contributed by atoms with Gasteiger partial charge in [0, 0.05) is 18.8 Å². The molecule has 3 rings (SSSR count). The second-order valence-electron chi connectivity index (χ2n) is 7.32. The van der Waals surface area contributed by atoms with Gasteiger partial charge in [0.25, 0.3) is 5.91 Å². The Balaban J connectivity index is 1.69. The summed E-state index contributed by atoms with van der Waals surface area (Å²) in [6, 6.07) is 7.98. The Morgan fingerprint density at radius 3 is 2.09 bits per heavy atom. The van der Waals surface area contributed by atoms with E-state index in [0.29, 0.717) is 13.1 Å². The molecule has 2 aromatic carbocycles. The van der Waals surface area contributed by atoms with Crippen LogP contribution in [0, 0.1) is 0 Å². The van der Waals surface area contributed by atoms with E-state index in [9.17, 15) is 22.8 Å². The summed E-state index contributed by atoms with van der Waals surface area (Å²) >= 11 is 6.19. The molecule has 2 aromatic rings. The van der Waals surface area contributed by atoms with Gasteiger partial charge in [0.05, 0.1) is 35.3 Å². The number of esters is 2. The molecule has 0 atom stereocenters. The van der Waals surface area contributed by atoms with Crippen LogP contribution in [-0.2, 0) is 24.3 Å². The van der Waals surface area contributed by atoms with Crippen molar-refractivity contribution < 1.29 is 37.0 Å². The number of methoxy groups -OCH3 is 2. The van der Waals surface area contributed by atoms with Gasteiger partial charge in [-0.15, -0.1) is 0 Å². The average molecular weight is 511 g/mol. The molecule has 12 heteroatoms. The molecule has 0 spiro atoms. The third kappa shape index (κ3) is 5.85. The van der Waals surface area contributed by atoms with E-state index in [4.69, 9.17) is 16.3 Å². The van der Waals surface area contributed by atoms with Gasteiger partial charge < -0.3 is 19.5 Å². The first-order chi connectivity index (χ1) is 16.1. The summed E-state index contributed by atoms with van der Waals surface area (Å²) in [4.78, 5) is 36.2. The molecule has 1 heterocycles. The summed E-state index contributed by atoms with van der Waals surface area (Å²) in [5, 5.41) is 2.55. The van der Waals surface area contributed by atoms with E-state index in [2.05, 4.69) is 14.8 Å². The Kier molecular flexibility index (Phi) is 8.13. The highest BCUT2D eigenvalue weighted by atomic mass is 35.5.